The zero-order valence-corrected chi connectivity index (χ0v) is 25.7. The normalized spacial score (nSPS) is 15.7. The first-order chi connectivity index (χ1) is 18.2. The molecule has 1 fully saturated rings. The van der Waals surface area contributed by atoms with Crippen molar-refractivity contribution in [3.63, 3.8) is 0 Å². The molecule has 38 heavy (non-hydrogen) atoms. The van der Waals surface area contributed by atoms with Crippen LogP contribution >= 0.6 is 57.6 Å². The van der Waals surface area contributed by atoms with Gasteiger partial charge in [-0.15, -0.1) is 0 Å². The molecule has 0 aromatic heterocycles. The molecule has 0 atom stereocenters. The average Bonchev–Trinajstić information content (AvgIpc) is 3.13. The van der Waals surface area contributed by atoms with Crippen LogP contribution in [0.25, 0.3) is 6.08 Å². The van der Waals surface area contributed by atoms with E-state index in [0.717, 1.165) is 20.4 Å². The summed E-state index contributed by atoms with van der Waals surface area (Å²) in [6.07, 6.45) is 1.89. The van der Waals surface area contributed by atoms with Crippen molar-refractivity contribution in [2.75, 3.05) is 13.2 Å². The molecule has 3 aromatic carbocycles. The van der Waals surface area contributed by atoms with E-state index >= 15 is 0 Å². The molecule has 3 aromatic rings. The number of hydrogen-bond acceptors (Lipinski definition) is 5. The number of aliphatic imine (C=N–C) groups is 1. The van der Waals surface area contributed by atoms with E-state index in [1.54, 1.807) is 17.0 Å². The zero-order chi connectivity index (χ0) is 27.2. The third-order valence-electron chi connectivity index (χ3n) is 5.39. The minimum Gasteiger partial charge on any atom is -0.490 e. The van der Waals surface area contributed by atoms with Crippen LogP contribution in [0.1, 0.15) is 31.9 Å². The van der Waals surface area contributed by atoms with Crippen molar-refractivity contribution in [2.45, 2.75) is 27.4 Å². The number of thioether (sulfide) groups is 1. The second-order valence-electron chi connectivity index (χ2n) is 8.97. The lowest BCUT2D eigenvalue weighted by Crippen LogP contribution is -2.32. The van der Waals surface area contributed by atoms with Crippen LogP contribution in [-0.4, -0.2) is 29.1 Å². The first-order valence-corrected chi connectivity index (χ1v) is 14.8. The smallest absolute Gasteiger partial charge is 0.266 e. The topological polar surface area (TPSA) is 51.1 Å². The molecule has 0 saturated carbocycles. The van der Waals surface area contributed by atoms with Crippen molar-refractivity contribution in [1.29, 1.82) is 0 Å². The predicted octanol–water partition coefficient (Wildman–Crippen LogP) is 8.84. The fraction of sp³-hybridized carbons (Fsp3) is 0.241. The fourth-order valence-electron chi connectivity index (χ4n) is 3.75. The SMILES string of the molecule is CCOc1cc(/C=C2\SC(=Nc3ccc(Cl)cc3)N(CC(C)C)C2=O)cc(I)c1OCc1cccc(Cl)c1. The number of ether oxygens (including phenoxy) is 2. The highest BCUT2D eigenvalue weighted by atomic mass is 127. The zero-order valence-electron chi connectivity index (χ0n) is 21.2. The minimum atomic E-state index is -0.0642. The second kappa shape index (κ2) is 13.2. The monoisotopic (exact) mass is 680 g/mol. The van der Waals surface area contributed by atoms with E-state index in [9.17, 15) is 4.79 Å². The molecule has 0 radical (unpaired) electrons. The summed E-state index contributed by atoms with van der Waals surface area (Å²) in [5, 5.41) is 1.96. The van der Waals surface area contributed by atoms with Crippen molar-refractivity contribution in [3.05, 3.63) is 90.3 Å². The van der Waals surface area contributed by atoms with E-state index in [4.69, 9.17) is 37.7 Å². The molecule has 0 bridgehead atoms. The van der Waals surface area contributed by atoms with E-state index in [1.165, 1.54) is 11.8 Å². The maximum Gasteiger partial charge on any atom is 0.266 e. The standard InChI is InChI=1S/C29H27Cl2IN2O3S/c1-4-36-25-14-20(13-24(32)27(25)37-17-19-6-5-7-22(31)12-19)15-26-28(35)34(16-18(2)3)29(38-26)33-23-10-8-21(30)9-11-23/h5-15,18H,4,16-17H2,1-3H3/b26-15-,33-29?. The lowest BCUT2D eigenvalue weighted by atomic mass is 10.1. The Morgan fingerprint density at radius 1 is 1.05 bits per heavy atom. The Balaban J connectivity index is 1.63. The Hall–Kier alpha value is -2.20. The third-order valence-corrected chi connectivity index (χ3v) is 7.68. The Labute approximate surface area is 251 Å². The van der Waals surface area contributed by atoms with Gasteiger partial charge in [0.15, 0.2) is 16.7 Å². The lowest BCUT2D eigenvalue weighted by Gasteiger charge is -2.17. The molecule has 0 N–H and O–H groups in total. The predicted molar refractivity (Wildman–Crippen MR) is 167 cm³/mol. The molecule has 198 valence electrons. The van der Waals surface area contributed by atoms with Gasteiger partial charge < -0.3 is 9.47 Å². The number of amides is 1. The van der Waals surface area contributed by atoms with E-state index < -0.39 is 0 Å². The lowest BCUT2D eigenvalue weighted by molar-refractivity contribution is -0.122. The third kappa shape index (κ3) is 7.46. The molecule has 4 rings (SSSR count). The molecule has 0 unspecified atom stereocenters. The molecule has 1 aliphatic rings. The number of benzene rings is 3. The van der Waals surface area contributed by atoms with E-state index in [-0.39, 0.29) is 11.8 Å². The summed E-state index contributed by atoms with van der Waals surface area (Å²) in [5.41, 5.74) is 2.56. The molecule has 1 heterocycles. The van der Waals surface area contributed by atoms with Crippen LogP contribution in [0.3, 0.4) is 0 Å². The van der Waals surface area contributed by atoms with Crippen LogP contribution in [0.4, 0.5) is 5.69 Å². The molecule has 0 aliphatic carbocycles. The maximum absolute atomic E-state index is 13.4. The van der Waals surface area contributed by atoms with Crippen LogP contribution in [-0.2, 0) is 11.4 Å². The largest absolute Gasteiger partial charge is 0.490 e. The van der Waals surface area contributed by atoms with Crippen LogP contribution in [0.15, 0.2) is 70.6 Å². The van der Waals surface area contributed by atoms with Crippen molar-refractivity contribution in [3.8, 4) is 11.5 Å². The maximum atomic E-state index is 13.4. The van der Waals surface area contributed by atoms with Crippen LogP contribution < -0.4 is 9.47 Å². The molecule has 5 nitrogen and oxygen atoms in total. The van der Waals surface area contributed by atoms with Crippen LogP contribution in [0.2, 0.25) is 10.0 Å². The number of nitrogens with zero attached hydrogens (tertiary/aromatic N) is 2. The molecular formula is C29H27Cl2IN2O3S. The van der Waals surface area contributed by atoms with Gasteiger partial charge in [-0.3, -0.25) is 9.69 Å². The van der Waals surface area contributed by atoms with Gasteiger partial charge in [-0.25, -0.2) is 4.99 Å². The van der Waals surface area contributed by atoms with Crippen LogP contribution in [0.5, 0.6) is 11.5 Å². The number of halogens is 3. The highest BCUT2D eigenvalue weighted by molar-refractivity contribution is 14.1. The van der Waals surface area contributed by atoms with E-state index in [2.05, 4.69) is 36.4 Å². The van der Waals surface area contributed by atoms with E-state index in [0.29, 0.717) is 51.4 Å². The Kier molecular flexibility index (Phi) is 10.0. The highest BCUT2D eigenvalue weighted by Crippen LogP contribution is 2.39. The van der Waals surface area contributed by atoms with Gasteiger partial charge in [0, 0.05) is 16.6 Å². The number of hydrogen-bond donors (Lipinski definition) is 0. The van der Waals surface area contributed by atoms with Crippen molar-refractivity contribution in [2.24, 2.45) is 10.9 Å². The number of carbonyl (C=O) groups is 1. The quantitative estimate of drug-likeness (QED) is 0.167. The molecule has 1 saturated heterocycles. The summed E-state index contributed by atoms with van der Waals surface area (Å²) in [4.78, 5) is 20.5. The van der Waals surface area contributed by atoms with Gasteiger partial charge >= 0.3 is 0 Å². The van der Waals surface area contributed by atoms with Crippen molar-refractivity contribution < 1.29 is 14.3 Å². The molecule has 1 aliphatic heterocycles. The summed E-state index contributed by atoms with van der Waals surface area (Å²) in [6.45, 7) is 7.51. The number of amidine groups is 1. The van der Waals surface area contributed by atoms with Gasteiger partial charge in [-0.2, -0.15) is 0 Å². The van der Waals surface area contributed by atoms with Crippen LogP contribution in [0, 0.1) is 9.49 Å². The summed E-state index contributed by atoms with van der Waals surface area (Å²) in [5.74, 6) is 1.51. The Bertz CT molecular complexity index is 1380. The summed E-state index contributed by atoms with van der Waals surface area (Å²) < 4.78 is 12.9. The van der Waals surface area contributed by atoms with Crippen molar-refractivity contribution in [1.82, 2.24) is 4.90 Å². The fourth-order valence-corrected chi connectivity index (χ4v) is 5.88. The van der Waals surface area contributed by atoms with Crippen molar-refractivity contribution >= 4 is 80.4 Å². The van der Waals surface area contributed by atoms with Gasteiger partial charge in [0.05, 0.1) is 20.8 Å². The van der Waals surface area contributed by atoms with E-state index in [1.807, 2.05) is 61.5 Å². The van der Waals surface area contributed by atoms with Gasteiger partial charge in [-0.1, -0.05) is 49.2 Å². The number of rotatable bonds is 9. The van der Waals surface area contributed by atoms with Gasteiger partial charge in [-0.05, 0) is 113 Å². The average molecular weight is 681 g/mol. The molecule has 0 spiro atoms. The van der Waals surface area contributed by atoms with Gasteiger partial charge in [0.2, 0.25) is 0 Å². The Morgan fingerprint density at radius 3 is 2.50 bits per heavy atom. The molecular weight excluding hydrogens is 654 g/mol. The second-order valence-corrected chi connectivity index (χ2v) is 12.0. The Morgan fingerprint density at radius 2 is 1.82 bits per heavy atom. The van der Waals surface area contributed by atoms with Gasteiger partial charge in [0.25, 0.3) is 5.91 Å². The highest BCUT2D eigenvalue weighted by Gasteiger charge is 2.34. The van der Waals surface area contributed by atoms with Gasteiger partial charge in [0.1, 0.15) is 6.61 Å². The summed E-state index contributed by atoms with van der Waals surface area (Å²) in [7, 11) is 0. The first kappa shape index (κ1) is 28.8. The summed E-state index contributed by atoms with van der Waals surface area (Å²) in [6, 6.07) is 18.7. The molecule has 1 amide bonds. The molecule has 9 heteroatoms. The summed E-state index contributed by atoms with van der Waals surface area (Å²) >= 11 is 15.7. The first-order valence-electron chi connectivity index (χ1n) is 12.1. The minimum absolute atomic E-state index is 0.0642. The number of carbonyl (C=O) groups excluding carboxylic acids is 1.